The number of carbonyl (C=O) groups is 1. The Morgan fingerprint density at radius 3 is 2.38 bits per heavy atom. The van der Waals surface area contributed by atoms with Crippen LogP contribution in [0.25, 0.3) is 11.1 Å². The second-order valence-electron chi connectivity index (χ2n) is 6.65. The molecule has 0 atom stereocenters. The number of hydrogen-bond donors (Lipinski definition) is 1. The Morgan fingerprint density at radius 1 is 1.00 bits per heavy atom. The van der Waals surface area contributed by atoms with Gasteiger partial charge in [-0.15, -0.1) is 0 Å². The van der Waals surface area contributed by atoms with Gasteiger partial charge >= 0.3 is 6.18 Å². The molecule has 29 heavy (non-hydrogen) atoms. The highest BCUT2D eigenvalue weighted by molar-refractivity contribution is 6.01. The lowest BCUT2D eigenvalue weighted by Gasteiger charge is -2.19. The van der Waals surface area contributed by atoms with Gasteiger partial charge in [0.2, 0.25) is 0 Å². The van der Waals surface area contributed by atoms with Crippen molar-refractivity contribution in [3.63, 3.8) is 0 Å². The molecule has 1 aliphatic heterocycles. The minimum Gasteiger partial charge on any atom is -0.383 e. The topological polar surface area (TPSA) is 58.1 Å². The van der Waals surface area contributed by atoms with Crippen LogP contribution >= 0.6 is 0 Å². The van der Waals surface area contributed by atoms with Crippen LogP contribution in [0.4, 0.5) is 18.9 Å². The molecule has 0 saturated carbocycles. The Hall–Kier alpha value is -3.42. The van der Waals surface area contributed by atoms with Crippen LogP contribution in [0, 0.1) is 0 Å². The van der Waals surface area contributed by atoms with Crippen molar-refractivity contribution in [3.05, 3.63) is 77.9 Å². The van der Waals surface area contributed by atoms with Crippen LogP contribution in [-0.4, -0.2) is 33.9 Å². The number of benzene rings is 2. The van der Waals surface area contributed by atoms with E-state index in [4.69, 9.17) is 0 Å². The first kappa shape index (κ1) is 18.9. The predicted octanol–water partition coefficient (Wildman–Crippen LogP) is 4.23. The molecule has 4 rings (SSSR count). The Kier molecular flexibility index (Phi) is 4.92. The number of fused-ring (bicyclic) bond motifs is 1. The fourth-order valence-corrected chi connectivity index (χ4v) is 3.24. The monoisotopic (exact) mass is 398 g/mol. The van der Waals surface area contributed by atoms with Crippen molar-refractivity contribution in [1.29, 1.82) is 0 Å². The molecule has 8 heteroatoms. The van der Waals surface area contributed by atoms with E-state index in [9.17, 15) is 18.0 Å². The standard InChI is InChI=1S/C21H17F3N4O/c22-21(23,24)16-5-2-14(3-6-16)15-4-7-18-17(12-15)20(29)28(11-10-25-18)13-19-26-8-1-9-27-19/h1-9,12,25H,10-11,13H2. The molecular formula is C21H17F3N4O. The van der Waals surface area contributed by atoms with Crippen LogP contribution in [0.3, 0.4) is 0 Å². The van der Waals surface area contributed by atoms with Crippen molar-refractivity contribution in [2.24, 2.45) is 0 Å². The van der Waals surface area contributed by atoms with Crippen LogP contribution in [0.5, 0.6) is 0 Å². The molecule has 1 N–H and O–H groups in total. The van der Waals surface area contributed by atoms with E-state index in [1.807, 2.05) is 0 Å². The maximum atomic E-state index is 13.1. The molecule has 3 aromatic rings. The van der Waals surface area contributed by atoms with Crippen molar-refractivity contribution in [3.8, 4) is 11.1 Å². The van der Waals surface area contributed by atoms with E-state index in [2.05, 4.69) is 15.3 Å². The van der Waals surface area contributed by atoms with Gasteiger partial charge in [0.1, 0.15) is 5.82 Å². The summed E-state index contributed by atoms with van der Waals surface area (Å²) in [6.07, 6.45) is -1.13. The number of rotatable bonds is 3. The molecule has 0 unspecified atom stereocenters. The van der Waals surface area contributed by atoms with E-state index in [1.54, 1.807) is 41.6 Å². The van der Waals surface area contributed by atoms with Crippen LogP contribution in [0.1, 0.15) is 21.7 Å². The summed E-state index contributed by atoms with van der Waals surface area (Å²) in [6.45, 7) is 1.35. The number of anilines is 1. The molecule has 148 valence electrons. The van der Waals surface area contributed by atoms with Gasteiger partial charge in [0, 0.05) is 31.2 Å². The lowest BCUT2D eigenvalue weighted by molar-refractivity contribution is -0.137. The highest BCUT2D eigenvalue weighted by Gasteiger charge is 2.30. The van der Waals surface area contributed by atoms with Gasteiger partial charge in [-0.05, 0) is 41.5 Å². The van der Waals surface area contributed by atoms with Crippen molar-refractivity contribution < 1.29 is 18.0 Å². The normalized spacial score (nSPS) is 14.2. The SMILES string of the molecule is O=C1c2cc(-c3ccc(C(F)(F)F)cc3)ccc2NCCN1Cc1ncccn1. The zero-order valence-corrected chi connectivity index (χ0v) is 15.3. The number of carbonyl (C=O) groups excluding carboxylic acids is 1. The minimum absolute atomic E-state index is 0.175. The van der Waals surface area contributed by atoms with Crippen LogP contribution in [0.15, 0.2) is 60.9 Å². The van der Waals surface area contributed by atoms with Gasteiger partial charge in [-0.1, -0.05) is 18.2 Å². The molecule has 2 heterocycles. The van der Waals surface area contributed by atoms with E-state index in [0.717, 1.165) is 12.1 Å². The molecule has 0 bridgehead atoms. The summed E-state index contributed by atoms with van der Waals surface area (Å²) in [5.41, 5.74) is 1.74. The van der Waals surface area contributed by atoms with Gasteiger partial charge < -0.3 is 10.2 Å². The third kappa shape index (κ3) is 4.06. The minimum atomic E-state index is -4.38. The third-order valence-corrected chi connectivity index (χ3v) is 4.73. The van der Waals surface area contributed by atoms with E-state index >= 15 is 0 Å². The maximum Gasteiger partial charge on any atom is 0.416 e. The van der Waals surface area contributed by atoms with Gasteiger partial charge in [-0.3, -0.25) is 4.79 Å². The fourth-order valence-electron chi connectivity index (χ4n) is 3.24. The van der Waals surface area contributed by atoms with Gasteiger partial charge in [0.15, 0.2) is 0 Å². The molecule has 0 aliphatic carbocycles. The second-order valence-corrected chi connectivity index (χ2v) is 6.65. The summed E-state index contributed by atoms with van der Waals surface area (Å²) in [5, 5.41) is 3.23. The van der Waals surface area contributed by atoms with Gasteiger partial charge in [0.05, 0.1) is 17.7 Å². The lowest BCUT2D eigenvalue weighted by Crippen LogP contribution is -2.32. The molecule has 1 amide bonds. The van der Waals surface area contributed by atoms with Crippen molar-refractivity contribution in [2.75, 3.05) is 18.4 Å². The number of hydrogen-bond acceptors (Lipinski definition) is 4. The van der Waals surface area contributed by atoms with Crippen molar-refractivity contribution in [1.82, 2.24) is 14.9 Å². The van der Waals surface area contributed by atoms with Gasteiger partial charge in [0.25, 0.3) is 5.91 Å². The lowest BCUT2D eigenvalue weighted by atomic mass is 10.00. The molecule has 1 aromatic heterocycles. The number of halogens is 3. The van der Waals surface area contributed by atoms with E-state index < -0.39 is 11.7 Å². The Bertz CT molecular complexity index is 1020. The summed E-state index contributed by atoms with van der Waals surface area (Å²) in [7, 11) is 0. The third-order valence-electron chi connectivity index (χ3n) is 4.73. The fraction of sp³-hybridized carbons (Fsp3) is 0.190. The first-order chi connectivity index (χ1) is 13.9. The average Bonchev–Trinajstić information content (AvgIpc) is 2.87. The summed E-state index contributed by atoms with van der Waals surface area (Å²) < 4.78 is 38.4. The quantitative estimate of drug-likeness (QED) is 0.717. The summed E-state index contributed by atoms with van der Waals surface area (Å²) in [4.78, 5) is 23.1. The molecular weight excluding hydrogens is 381 g/mol. The summed E-state index contributed by atoms with van der Waals surface area (Å²) in [6, 6.07) is 11.9. The first-order valence-corrected chi connectivity index (χ1v) is 9.02. The number of nitrogens with zero attached hydrogens (tertiary/aromatic N) is 3. The Morgan fingerprint density at radius 2 is 1.69 bits per heavy atom. The number of aromatic nitrogens is 2. The highest BCUT2D eigenvalue weighted by Crippen LogP contribution is 2.32. The zero-order valence-electron chi connectivity index (χ0n) is 15.3. The van der Waals surface area contributed by atoms with E-state index in [1.165, 1.54) is 12.1 Å². The number of alkyl halides is 3. The molecule has 1 aliphatic rings. The molecule has 0 fully saturated rings. The maximum absolute atomic E-state index is 13.1. The number of amides is 1. The zero-order chi connectivity index (χ0) is 20.4. The average molecular weight is 398 g/mol. The van der Waals surface area contributed by atoms with E-state index in [-0.39, 0.29) is 12.5 Å². The van der Waals surface area contributed by atoms with Crippen LogP contribution < -0.4 is 5.32 Å². The van der Waals surface area contributed by atoms with Gasteiger partial charge in [-0.25, -0.2) is 9.97 Å². The summed E-state index contributed by atoms with van der Waals surface area (Å²) >= 11 is 0. The van der Waals surface area contributed by atoms with Crippen LogP contribution in [0.2, 0.25) is 0 Å². The van der Waals surface area contributed by atoms with Crippen molar-refractivity contribution in [2.45, 2.75) is 12.7 Å². The molecule has 0 spiro atoms. The predicted molar refractivity (Wildman–Crippen MR) is 102 cm³/mol. The molecule has 0 radical (unpaired) electrons. The largest absolute Gasteiger partial charge is 0.416 e. The van der Waals surface area contributed by atoms with Gasteiger partial charge in [-0.2, -0.15) is 13.2 Å². The smallest absolute Gasteiger partial charge is 0.383 e. The number of nitrogens with one attached hydrogen (secondary N) is 1. The second kappa shape index (κ2) is 7.54. The van der Waals surface area contributed by atoms with Crippen LogP contribution in [-0.2, 0) is 12.7 Å². The molecule has 5 nitrogen and oxygen atoms in total. The van der Waals surface area contributed by atoms with E-state index in [0.29, 0.717) is 41.3 Å². The molecule has 0 saturated heterocycles. The Labute approximate surface area is 165 Å². The highest BCUT2D eigenvalue weighted by atomic mass is 19.4. The Balaban J connectivity index is 1.63. The summed E-state index contributed by atoms with van der Waals surface area (Å²) in [5.74, 6) is 0.370. The molecule has 2 aromatic carbocycles. The van der Waals surface area contributed by atoms with Crippen molar-refractivity contribution >= 4 is 11.6 Å². The first-order valence-electron chi connectivity index (χ1n) is 9.02.